The molecule has 1 amide bonds. The number of benzene rings is 2. The van der Waals surface area contributed by atoms with Crippen LogP contribution in [0.5, 0.6) is 5.75 Å². The Kier molecular flexibility index (Phi) is 5.87. The number of hydrogen-bond acceptors (Lipinski definition) is 3. The van der Waals surface area contributed by atoms with Gasteiger partial charge >= 0.3 is 0 Å². The van der Waals surface area contributed by atoms with Gasteiger partial charge in [0, 0.05) is 12.4 Å². The van der Waals surface area contributed by atoms with Gasteiger partial charge in [0.15, 0.2) is 6.61 Å². The van der Waals surface area contributed by atoms with Gasteiger partial charge in [0.05, 0.1) is 11.1 Å². The molecule has 5 heteroatoms. The molecule has 4 nitrogen and oxygen atoms in total. The molecule has 26 heavy (non-hydrogen) atoms. The van der Waals surface area contributed by atoms with Crippen LogP contribution in [-0.4, -0.2) is 17.5 Å². The summed E-state index contributed by atoms with van der Waals surface area (Å²) >= 11 is 6.30. The summed E-state index contributed by atoms with van der Waals surface area (Å²) in [6, 6.07) is 19.1. The van der Waals surface area contributed by atoms with E-state index in [4.69, 9.17) is 16.3 Å². The molecule has 0 aliphatic heterocycles. The molecule has 0 aliphatic rings. The van der Waals surface area contributed by atoms with Gasteiger partial charge in [0.25, 0.3) is 5.91 Å². The fourth-order valence-electron chi connectivity index (χ4n) is 2.59. The SMILES string of the molecule is CC(NC(=O)COc1ccc(-c2ccccc2)cc1Cl)c1ccncc1. The minimum atomic E-state index is -0.211. The number of carbonyl (C=O) groups is 1. The molecule has 1 aromatic heterocycles. The van der Waals surface area contributed by atoms with E-state index in [1.54, 1.807) is 18.5 Å². The molecule has 1 unspecified atom stereocenters. The maximum atomic E-state index is 12.1. The van der Waals surface area contributed by atoms with E-state index in [0.717, 1.165) is 16.7 Å². The Morgan fingerprint density at radius 3 is 2.50 bits per heavy atom. The van der Waals surface area contributed by atoms with Crippen LogP contribution < -0.4 is 10.1 Å². The summed E-state index contributed by atoms with van der Waals surface area (Å²) < 4.78 is 5.57. The van der Waals surface area contributed by atoms with Gasteiger partial charge in [0.1, 0.15) is 5.75 Å². The van der Waals surface area contributed by atoms with Gasteiger partial charge in [-0.15, -0.1) is 0 Å². The number of nitrogens with one attached hydrogen (secondary N) is 1. The standard InChI is InChI=1S/C21H19ClN2O2/c1-15(16-9-11-23-12-10-16)24-21(25)14-26-20-8-7-18(13-19(20)22)17-5-3-2-4-6-17/h2-13,15H,14H2,1H3,(H,24,25). The molecule has 0 bridgehead atoms. The van der Waals surface area contributed by atoms with Crippen LogP contribution in [0.25, 0.3) is 11.1 Å². The van der Waals surface area contributed by atoms with Crippen molar-refractivity contribution in [3.63, 3.8) is 0 Å². The Morgan fingerprint density at radius 1 is 1.08 bits per heavy atom. The van der Waals surface area contributed by atoms with Gasteiger partial charge in [-0.1, -0.05) is 48.0 Å². The van der Waals surface area contributed by atoms with Crippen molar-refractivity contribution >= 4 is 17.5 Å². The molecule has 1 heterocycles. The van der Waals surface area contributed by atoms with Gasteiger partial charge in [-0.05, 0) is 47.9 Å². The fraction of sp³-hybridized carbons (Fsp3) is 0.143. The third kappa shape index (κ3) is 4.61. The van der Waals surface area contributed by atoms with Crippen LogP contribution >= 0.6 is 11.6 Å². The van der Waals surface area contributed by atoms with Crippen LogP contribution in [-0.2, 0) is 4.79 Å². The predicted molar refractivity (Wildman–Crippen MR) is 103 cm³/mol. The average Bonchev–Trinajstić information content (AvgIpc) is 2.68. The minimum Gasteiger partial charge on any atom is -0.482 e. The topological polar surface area (TPSA) is 51.2 Å². The van der Waals surface area contributed by atoms with Crippen LogP contribution in [0.4, 0.5) is 0 Å². The van der Waals surface area contributed by atoms with E-state index in [1.165, 1.54) is 0 Å². The second kappa shape index (κ2) is 8.50. The molecule has 0 saturated heterocycles. The molecule has 1 atom stereocenters. The van der Waals surface area contributed by atoms with Crippen LogP contribution in [0.3, 0.4) is 0 Å². The lowest BCUT2D eigenvalue weighted by atomic mass is 10.1. The first-order chi connectivity index (χ1) is 12.6. The smallest absolute Gasteiger partial charge is 0.258 e. The maximum absolute atomic E-state index is 12.1. The molecule has 3 rings (SSSR count). The zero-order valence-electron chi connectivity index (χ0n) is 14.4. The van der Waals surface area contributed by atoms with Crippen molar-refractivity contribution in [1.82, 2.24) is 10.3 Å². The van der Waals surface area contributed by atoms with Crippen LogP contribution in [0.1, 0.15) is 18.5 Å². The normalized spacial score (nSPS) is 11.6. The lowest BCUT2D eigenvalue weighted by Gasteiger charge is -2.15. The summed E-state index contributed by atoms with van der Waals surface area (Å²) in [5.41, 5.74) is 3.06. The molecule has 0 spiro atoms. The monoisotopic (exact) mass is 366 g/mol. The fourth-order valence-corrected chi connectivity index (χ4v) is 2.83. The highest BCUT2D eigenvalue weighted by Gasteiger charge is 2.11. The summed E-state index contributed by atoms with van der Waals surface area (Å²) in [5.74, 6) is 0.274. The van der Waals surface area contributed by atoms with Gasteiger partial charge in [-0.25, -0.2) is 0 Å². The first kappa shape index (κ1) is 18.0. The molecule has 0 fully saturated rings. The van der Waals surface area contributed by atoms with Crippen LogP contribution in [0.15, 0.2) is 73.1 Å². The number of amides is 1. The van der Waals surface area contributed by atoms with E-state index in [-0.39, 0.29) is 18.6 Å². The summed E-state index contributed by atoms with van der Waals surface area (Å²) in [6.45, 7) is 1.81. The number of pyridine rings is 1. The summed E-state index contributed by atoms with van der Waals surface area (Å²) in [4.78, 5) is 16.1. The molecule has 0 aliphatic carbocycles. The van der Waals surface area contributed by atoms with E-state index in [0.29, 0.717) is 10.8 Å². The highest BCUT2D eigenvalue weighted by molar-refractivity contribution is 6.32. The second-order valence-corrected chi connectivity index (χ2v) is 6.28. The quantitative estimate of drug-likeness (QED) is 0.690. The third-order valence-electron chi connectivity index (χ3n) is 3.98. The first-order valence-electron chi connectivity index (χ1n) is 8.30. The van der Waals surface area contributed by atoms with Crippen molar-refractivity contribution in [1.29, 1.82) is 0 Å². The van der Waals surface area contributed by atoms with E-state index in [2.05, 4.69) is 10.3 Å². The Labute approximate surface area is 157 Å². The highest BCUT2D eigenvalue weighted by atomic mass is 35.5. The van der Waals surface area contributed by atoms with E-state index >= 15 is 0 Å². The minimum absolute atomic E-state index is 0.0974. The maximum Gasteiger partial charge on any atom is 0.258 e. The Morgan fingerprint density at radius 2 is 1.81 bits per heavy atom. The largest absolute Gasteiger partial charge is 0.482 e. The van der Waals surface area contributed by atoms with Crippen LogP contribution in [0, 0.1) is 0 Å². The molecular formula is C21H19ClN2O2. The van der Waals surface area contributed by atoms with Crippen molar-refractivity contribution in [2.24, 2.45) is 0 Å². The summed E-state index contributed by atoms with van der Waals surface area (Å²) in [6.07, 6.45) is 3.39. The van der Waals surface area contributed by atoms with E-state index in [1.807, 2.05) is 61.5 Å². The van der Waals surface area contributed by atoms with E-state index < -0.39 is 0 Å². The first-order valence-corrected chi connectivity index (χ1v) is 8.68. The second-order valence-electron chi connectivity index (χ2n) is 5.87. The Hall–Kier alpha value is -2.85. The predicted octanol–water partition coefficient (Wildman–Crippen LogP) is 4.66. The molecule has 132 valence electrons. The Balaban J connectivity index is 1.58. The zero-order chi connectivity index (χ0) is 18.4. The number of aromatic nitrogens is 1. The van der Waals surface area contributed by atoms with Crippen molar-refractivity contribution < 1.29 is 9.53 Å². The van der Waals surface area contributed by atoms with Gasteiger partial charge < -0.3 is 10.1 Å². The number of hydrogen-bond donors (Lipinski definition) is 1. The molecule has 2 aromatic carbocycles. The highest BCUT2D eigenvalue weighted by Crippen LogP contribution is 2.30. The van der Waals surface area contributed by atoms with E-state index in [9.17, 15) is 4.79 Å². The van der Waals surface area contributed by atoms with Gasteiger partial charge in [-0.3, -0.25) is 9.78 Å². The number of ether oxygens (including phenoxy) is 1. The summed E-state index contributed by atoms with van der Waals surface area (Å²) in [7, 11) is 0. The molecule has 0 radical (unpaired) electrons. The lowest BCUT2D eigenvalue weighted by Crippen LogP contribution is -2.31. The Bertz CT molecular complexity index is 870. The van der Waals surface area contributed by atoms with Crippen molar-refractivity contribution in [2.75, 3.05) is 6.61 Å². The van der Waals surface area contributed by atoms with Crippen LogP contribution in [0.2, 0.25) is 5.02 Å². The molecule has 1 N–H and O–H groups in total. The number of rotatable bonds is 6. The number of nitrogens with zero attached hydrogens (tertiary/aromatic N) is 1. The molecular weight excluding hydrogens is 348 g/mol. The average molecular weight is 367 g/mol. The summed E-state index contributed by atoms with van der Waals surface area (Å²) in [5, 5.41) is 3.36. The van der Waals surface area contributed by atoms with Gasteiger partial charge in [-0.2, -0.15) is 0 Å². The van der Waals surface area contributed by atoms with Crippen molar-refractivity contribution in [3.05, 3.63) is 83.6 Å². The number of halogens is 1. The van der Waals surface area contributed by atoms with Gasteiger partial charge in [0.2, 0.25) is 0 Å². The van der Waals surface area contributed by atoms with Crippen molar-refractivity contribution in [3.8, 4) is 16.9 Å². The molecule has 0 saturated carbocycles. The number of carbonyl (C=O) groups excluding carboxylic acids is 1. The van der Waals surface area contributed by atoms with Crippen molar-refractivity contribution in [2.45, 2.75) is 13.0 Å². The zero-order valence-corrected chi connectivity index (χ0v) is 15.1. The molecule has 3 aromatic rings. The third-order valence-corrected chi connectivity index (χ3v) is 4.28. The lowest BCUT2D eigenvalue weighted by molar-refractivity contribution is -0.123.